The monoisotopic (exact) mass is 329 g/mol. The van der Waals surface area contributed by atoms with Gasteiger partial charge in [-0.05, 0) is 69.3 Å². The first kappa shape index (κ1) is 17.4. The average molecular weight is 329 g/mol. The zero-order valence-electron chi connectivity index (χ0n) is 14.3. The first-order valence-corrected chi connectivity index (χ1v) is 8.82. The standard InChI is InChI=1S/C19H23NO2S/c1-12-10-13(2)18(14(3)11-12)20-19(21)15(4)22-16-6-8-17(23-5)9-7-16/h6-11,15H,1-5H3,(H,20,21). The highest BCUT2D eigenvalue weighted by Crippen LogP contribution is 2.23. The molecular weight excluding hydrogens is 306 g/mol. The number of anilines is 1. The molecule has 2 rings (SSSR count). The fourth-order valence-corrected chi connectivity index (χ4v) is 2.92. The summed E-state index contributed by atoms with van der Waals surface area (Å²) in [7, 11) is 0. The summed E-state index contributed by atoms with van der Waals surface area (Å²) in [5.74, 6) is 0.553. The molecule has 2 aromatic carbocycles. The van der Waals surface area contributed by atoms with Crippen molar-refractivity contribution >= 4 is 23.4 Å². The smallest absolute Gasteiger partial charge is 0.265 e. The number of nitrogens with one attached hydrogen (secondary N) is 1. The van der Waals surface area contributed by atoms with Crippen molar-refractivity contribution < 1.29 is 9.53 Å². The average Bonchev–Trinajstić information content (AvgIpc) is 2.51. The van der Waals surface area contributed by atoms with E-state index in [4.69, 9.17) is 4.74 Å². The molecule has 2 aromatic rings. The van der Waals surface area contributed by atoms with Gasteiger partial charge in [-0.15, -0.1) is 11.8 Å². The molecule has 0 aliphatic carbocycles. The van der Waals surface area contributed by atoms with Crippen molar-refractivity contribution in [2.24, 2.45) is 0 Å². The minimum atomic E-state index is -0.560. The van der Waals surface area contributed by atoms with Gasteiger partial charge in [-0.1, -0.05) is 17.7 Å². The normalized spacial score (nSPS) is 11.9. The number of hydrogen-bond donors (Lipinski definition) is 1. The van der Waals surface area contributed by atoms with Crippen LogP contribution in [0.1, 0.15) is 23.6 Å². The molecular formula is C19H23NO2S. The van der Waals surface area contributed by atoms with Crippen LogP contribution >= 0.6 is 11.8 Å². The minimum Gasteiger partial charge on any atom is -0.481 e. The molecule has 1 atom stereocenters. The molecule has 0 aromatic heterocycles. The van der Waals surface area contributed by atoms with Crippen LogP contribution in [-0.2, 0) is 4.79 Å². The van der Waals surface area contributed by atoms with E-state index in [0.29, 0.717) is 5.75 Å². The van der Waals surface area contributed by atoms with Crippen molar-refractivity contribution in [3.8, 4) is 5.75 Å². The number of ether oxygens (including phenoxy) is 1. The molecule has 0 heterocycles. The second kappa shape index (κ2) is 7.55. The zero-order valence-corrected chi connectivity index (χ0v) is 15.1. The van der Waals surface area contributed by atoms with Gasteiger partial charge < -0.3 is 10.1 Å². The van der Waals surface area contributed by atoms with Crippen molar-refractivity contribution in [3.05, 3.63) is 53.1 Å². The predicted molar refractivity (Wildman–Crippen MR) is 97.6 cm³/mol. The molecule has 0 spiro atoms. The largest absolute Gasteiger partial charge is 0.481 e. The van der Waals surface area contributed by atoms with Crippen LogP contribution in [0.2, 0.25) is 0 Å². The first-order chi connectivity index (χ1) is 10.9. The van der Waals surface area contributed by atoms with Crippen LogP contribution in [0.5, 0.6) is 5.75 Å². The number of carbonyl (C=O) groups excluding carboxylic acids is 1. The van der Waals surface area contributed by atoms with E-state index < -0.39 is 6.10 Å². The van der Waals surface area contributed by atoms with Crippen LogP contribution in [0.15, 0.2) is 41.3 Å². The highest BCUT2D eigenvalue weighted by atomic mass is 32.2. The summed E-state index contributed by atoms with van der Waals surface area (Å²) < 4.78 is 5.73. The van der Waals surface area contributed by atoms with Gasteiger partial charge in [0.05, 0.1) is 0 Å². The molecule has 0 aliphatic rings. The number of thioether (sulfide) groups is 1. The van der Waals surface area contributed by atoms with Crippen LogP contribution < -0.4 is 10.1 Å². The third-order valence-corrected chi connectivity index (χ3v) is 4.41. The highest BCUT2D eigenvalue weighted by molar-refractivity contribution is 7.98. The van der Waals surface area contributed by atoms with Crippen molar-refractivity contribution in [3.63, 3.8) is 0 Å². The Hall–Kier alpha value is -1.94. The number of carbonyl (C=O) groups is 1. The fourth-order valence-electron chi connectivity index (χ4n) is 2.51. The Morgan fingerprint density at radius 2 is 1.65 bits per heavy atom. The van der Waals surface area contributed by atoms with Crippen LogP contribution in [0, 0.1) is 20.8 Å². The molecule has 1 N–H and O–H groups in total. The SMILES string of the molecule is CSc1ccc(OC(C)C(=O)Nc2c(C)cc(C)cc2C)cc1. The zero-order chi connectivity index (χ0) is 17.0. The Bertz CT molecular complexity index is 672. The van der Waals surface area contributed by atoms with Gasteiger partial charge in [-0.3, -0.25) is 4.79 Å². The second-order valence-corrected chi connectivity index (χ2v) is 6.58. The fraction of sp³-hybridized carbons (Fsp3) is 0.316. The molecule has 0 bridgehead atoms. The summed E-state index contributed by atoms with van der Waals surface area (Å²) in [6.07, 6.45) is 1.47. The van der Waals surface area contributed by atoms with Crippen molar-refractivity contribution in [2.75, 3.05) is 11.6 Å². The minimum absolute atomic E-state index is 0.144. The maximum absolute atomic E-state index is 12.4. The summed E-state index contributed by atoms with van der Waals surface area (Å²) in [5.41, 5.74) is 4.18. The molecule has 23 heavy (non-hydrogen) atoms. The summed E-state index contributed by atoms with van der Waals surface area (Å²) in [4.78, 5) is 13.6. The van der Waals surface area contributed by atoms with E-state index in [9.17, 15) is 4.79 Å². The van der Waals surface area contributed by atoms with E-state index in [2.05, 4.69) is 24.4 Å². The molecule has 122 valence electrons. The number of aryl methyl sites for hydroxylation is 3. The second-order valence-electron chi connectivity index (χ2n) is 5.70. The number of benzene rings is 2. The van der Waals surface area contributed by atoms with Gasteiger partial charge >= 0.3 is 0 Å². The van der Waals surface area contributed by atoms with Crippen LogP contribution in [-0.4, -0.2) is 18.3 Å². The van der Waals surface area contributed by atoms with Gasteiger partial charge in [0.2, 0.25) is 0 Å². The quantitative estimate of drug-likeness (QED) is 0.805. The van der Waals surface area contributed by atoms with Gasteiger partial charge in [0.25, 0.3) is 5.91 Å². The molecule has 0 saturated heterocycles. The first-order valence-electron chi connectivity index (χ1n) is 7.60. The maximum atomic E-state index is 12.4. The summed E-state index contributed by atoms with van der Waals surface area (Å²) in [6, 6.07) is 11.9. The Morgan fingerprint density at radius 1 is 1.09 bits per heavy atom. The highest BCUT2D eigenvalue weighted by Gasteiger charge is 2.17. The Labute approximate surface area is 142 Å². The van der Waals surface area contributed by atoms with E-state index in [1.165, 1.54) is 10.5 Å². The Kier molecular flexibility index (Phi) is 5.72. The lowest BCUT2D eigenvalue weighted by Gasteiger charge is -2.17. The van der Waals surface area contributed by atoms with Gasteiger partial charge in [-0.25, -0.2) is 0 Å². The van der Waals surface area contributed by atoms with Gasteiger partial charge in [0, 0.05) is 10.6 Å². The summed E-state index contributed by atoms with van der Waals surface area (Å²) in [6.45, 7) is 7.82. The van der Waals surface area contributed by atoms with Crippen molar-refractivity contribution in [2.45, 2.75) is 38.7 Å². The summed E-state index contributed by atoms with van der Waals surface area (Å²) in [5, 5.41) is 2.98. The molecule has 1 unspecified atom stereocenters. The van der Waals surface area contributed by atoms with Gasteiger partial charge in [-0.2, -0.15) is 0 Å². The van der Waals surface area contributed by atoms with Gasteiger partial charge in [0.1, 0.15) is 5.75 Å². The van der Waals surface area contributed by atoms with Crippen molar-refractivity contribution in [1.29, 1.82) is 0 Å². The number of hydrogen-bond acceptors (Lipinski definition) is 3. The molecule has 0 radical (unpaired) electrons. The molecule has 0 saturated carbocycles. The van der Waals surface area contributed by atoms with Crippen LogP contribution in [0.4, 0.5) is 5.69 Å². The molecule has 1 amide bonds. The third kappa shape index (κ3) is 4.52. The van der Waals surface area contributed by atoms with E-state index >= 15 is 0 Å². The predicted octanol–water partition coefficient (Wildman–Crippen LogP) is 4.74. The van der Waals surface area contributed by atoms with Crippen LogP contribution in [0.3, 0.4) is 0 Å². The number of amides is 1. The number of rotatable bonds is 5. The van der Waals surface area contributed by atoms with E-state index in [-0.39, 0.29) is 5.91 Å². The van der Waals surface area contributed by atoms with E-state index in [1.807, 2.05) is 44.4 Å². The summed E-state index contributed by atoms with van der Waals surface area (Å²) >= 11 is 1.67. The van der Waals surface area contributed by atoms with Crippen molar-refractivity contribution in [1.82, 2.24) is 0 Å². The third-order valence-electron chi connectivity index (χ3n) is 3.67. The Balaban J connectivity index is 2.05. The lowest BCUT2D eigenvalue weighted by molar-refractivity contribution is -0.122. The lowest BCUT2D eigenvalue weighted by atomic mass is 10.0. The lowest BCUT2D eigenvalue weighted by Crippen LogP contribution is -2.30. The maximum Gasteiger partial charge on any atom is 0.265 e. The molecule has 4 heteroatoms. The topological polar surface area (TPSA) is 38.3 Å². The van der Waals surface area contributed by atoms with E-state index in [0.717, 1.165) is 16.8 Å². The Morgan fingerprint density at radius 3 is 2.17 bits per heavy atom. The molecule has 3 nitrogen and oxygen atoms in total. The van der Waals surface area contributed by atoms with Crippen LogP contribution in [0.25, 0.3) is 0 Å². The molecule has 0 fully saturated rings. The molecule has 0 aliphatic heterocycles. The van der Waals surface area contributed by atoms with E-state index in [1.54, 1.807) is 18.7 Å². The van der Waals surface area contributed by atoms with Gasteiger partial charge in [0.15, 0.2) is 6.10 Å².